The first-order valence-corrected chi connectivity index (χ1v) is 6.25. The number of rotatable bonds is 7. The minimum absolute atomic E-state index is 0.0428. The van der Waals surface area contributed by atoms with Crippen LogP contribution in [0.1, 0.15) is 23.8 Å². The standard InChI is InChI=1S/C12H20N4O3/c1-4-6-15-9-10(16(18)19)8-11(15)12(17)14(3)7-5-13-2/h8-9,13H,4-7H2,1-3H3. The molecule has 106 valence electrons. The summed E-state index contributed by atoms with van der Waals surface area (Å²) in [4.78, 5) is 24.1. The Morgan fingerprint density at radius 1 is 1.58 bits per heavy atom. The van der Waals surface area contributed by atoms with E-state index >= 15 is 0 Å². The van der Waals surface area contributed by atoms with Gasteiger partial charge in [-0.15, -0.1) is 0 Å². The third-order valence-electron chi connectivity index (χ3n) is 2.82. The molecule has 0 unspecified atom stereocenters. The van der Waals surface area contributed by atoms with Gasteiger partial charge in [-0.05, 0) is 13.5 Å². The van der Waals surface area contributed by atoms with E-state index in [0.29, 0.717) is 25.3 Å². The van der Waals surface area contributed by atoms with Gasteiger partial charge in [0, 0.05) is 32.7 Å². The van der Waals surface area contributed by atoms with Crippen molar-refractivity contribution in [2.45, 2.75) is 19.9 Å². The summed E-state index contributed by atoms with van der Waals surface area (Å²) < 4.78 is 1.65. The van der Waals surface area contributed by atoms with Gasteiger partial charge >= 0.3 is 0 Å². The molecular formula is C12H20N4O3. The Morgan fingerprint density at radius 3 is 2.79 bits per heavy atom. The second-order valence-electron chi connectivity index (χ2n) is 4.36. The van der Waals surface area contributed by atoms with Gasteiger partial charge in [0.15, 0.2) is 0 Å². The van der Waals surface area contributed by atoms with E-state index in [1.807, 2.05) is 14.0 Å². The number of aromatic nitrogens is 1. The van der Waals surface area contributed by atoms with Crippen molar-refractivity contribution in [2.75, 3.05) is 27.2 Å². The van der Waals surface area contributed by atoms with E-state index < -0.39 is 4.92 Å². The van der Waals surface area contributed by atoms with Crippen LogP contribution in [0.25, 0.3) is 0 Å². The smallest absolute Gasteiger partial charge is 0.287 e. The first-order chi connectivity index (χ1) is 9.01. The second-order valence-corrected chi connectivity index (χ2v) is 4.36. The summed E-state index contributed by atoms with van der Waals surface area (Å²) in [5.41, 5.74) is 0.325. The number of nitrogens with one attached hydrogen (secondary N) is 1. The highest BCUT2D eigenvalue weighted by atomic mass is 16.6. The van der Waals surface area contributed by atoms with Crippen molar-refractivity contribution in [2.24, 2.45) is 0 Å². The van der Waals surface area contributed by atoms with Crippen molar-refractivity contribution in [3.63, 3.8) is 0 Å². The number of carbonyl (C=O) groups is 1. The van der Waals surface area contributed by atoms with Gasteiger partial charge in [-0.25, -0.2) is 0 Å². The number of carbonyl (C=O) groups excluding carboxylic acids is 1. The molecule has 1 rings (SSSR count). The summed E-state index contributed by atoms with van der Waals surface area (Å²) in [6.45, 7) is 3.79. The Morgan fingerprint density at radius 2 is 2.26 bits per heavy atom. The normalized spacial score (nSPS) is 10.5. The van der Waals surface area contributed by atoms with Gasteiger partial charge in [0.1, 0.15) is 5.69 Å². The fourth-order valence-corrected chi connectivity index (χ4v) is 1.78. The molecule has 0 atom stereocenters. The number of hydrogen-bond acceptors (Lipinski definition) is 4. The Bertz CT molecular complexity index is 456. The molecule has 1 N–H and O–H groups in total. The molecular weight excluding hydrogens is 248 g/mol. The van der Waals surface area contributed by atoms with Gasteiger partial charge in [0.2, 0.25) is 0 Å². The van der Waals surface area contributed by atoms with Crippen LogP contribution in [0, 0.1) is 10.1 Å². The molecule has 0 radical (unpaired) electrons. The molecule has 0 aliphatic rings. The molecule has 0 saturated carbocycles. The van der Waals surface area contributed by atoms with Gasteiger partial charge in [-0.1, -0.05) is 6.92 Å². The maximum atomic E-state index is 12.2. The summed E-state index contributed by atoms with van der Waals surface area (Å²) >= 11 is 0. The zero-order chi connectivity index (χ0) is 14.4. The minimum atomic E-state index is -0.476. The van der Waals surface area contributed by atoms with E-state index in [0.717, 1.165) is 6.42 Å². The molecule has 0 saturated heterocycles. The molecule has 0 fully saturated rings. The average molecular weight is 268 g/mol. The highest BCUT2D eigenvalue weighted by molar-refractivity contribution is 5.93. The van der Waals surface area contributed by atoms with Crippen molar-refractivity contribution in [1.82, 2.24) is 14.8 Å². The molecule has 1 amide bonds. The Hall–Kier alpha value is -1.89. The first-order valence-electron chi connectivity index (χ1n) is 6.25. The first kappa shape index (κ1) is 15.2. The number of nitrogens with zero attached hydrogens (tertiary/aromatic N) is 3. The number of likely N-dealkylation sites (N-methyl/N-ethyl adjacent to an activating group) is 2. The number of amides is 1. The third kappa shape index (κ3) is 3.78. The lowest BCUT2D eigenvalue weighted by atomic mass is 10.3. The Kier molecular flexibility index (Phi) is 5.50. The Balaban J connectivity index is 2.96. The SMILES string of the molecule is CCCn1cc([N+](=O)[O-])cc1C(=O)N(C)CCNC. The van der Waals surface area contributed by atoms with Crippen molar-refractivity contribution in [1.29, 1.82) is 0 Å². The van der Waals surface area contributed by atoms with E-state index in [2.05, 4.69) is 5.32 Å². The van der Waals surface area contributed by atoms with E-state index in [1.165, 1.54) is 12.3 Å². The van der Waals surface area contributed by atoms with E-state index in [1.54, 1.807) is 16.5 Å². The molecule has 0 spiro atoms. The van der Waals surface area contributed by atoms with Gasteiger partial charge in [-0.2, -0.15) is 0 Å². The fourth-order valence-electron chi connectivity index (χ4n) is 1.78. The molecule has 0 aromatic carbocycles. The molecule has 0 aliphatic carbocycles. The van der Waals surface area contributed by atoms with Crippen LogP contribution in [-0.2, 0) is 6.54 Å². The summed E-state index contributed by atoms with van der Waals surface area (Å²) in [5.74, 6) is -0.197. The highest BCUT2D eigenvalue weighted by Crippen LogP contribution is 2.18. The summed E-state index contributed by atoms with van der Waals surface area (Å²) in [6, 6.07) is 1.34. The van der Waals surface area contributed by atoms with Gasteiger partial charge in [0.05, 0.1) is 11.1 Å². The summed E-state index contributed by atoms with van der Waals surface area (Å²) in [7, 11) is 3.50. The Labute approximate surface area is 112 Å². The van der Waals surface area contributed by atoms with Crippen LogP contribution in [0.4, 0.5) is 5.69 Å². The number of hydrogen-bond donors (Lipinski definition) is 1. The van der Waals surface area contributed by atoms with Crippen molar-refractivity contribution < 1.29 is 9.72 Å². The molecule has 0 bridgehead atoms. The van der Waals surface area contributed by atoms with E-state index in [9.17, 15) is 14.9 Å². The van der Waals surface area contributed by atoms with Crippen LogP contribution in [0.5, 0.6) is 0 Å². The van der Waals surface area contributed by atoms with Crippen LogP contribution in [0.3, 0.4) is 0 Å². The predicted molar refractivity (Wildman–Crippen MR) is 72.3 cm³/mol. The van der Waals surface area contributed by atoms with Gasteiger partial charge in [0.25, 0.3) is 11.6 Å². The zero-order valence-electron chi connectivity index (χ0n) is 11.5. The highest BCUT2D eigenvalue weighted by Gasteiger charge is 2.21. The summed E-state index contributed by atoms with van der Waals surface area (Å²) in [6.07, 6.45) is 2.23. The molecule has 7 nitrogen and oxygen atoms in total. The van der Waals surface area contributed by atoms with Crippen LogP contribution >= 0.6 is 0 Å². The molecule has 7 heteroatoms. The maximum Gasteiger partial charge on any atom is 0.287 e. The lowest BCUT2D eigenvalue weighted by Crippen LogP contribution is -2.33. The lowest BCUT2D eigenvalue weighted by Gasteiger charge is -2.17. The van der Waals surface area contributed by atoms with Crippen LogP contribution < -0.4 is 5.32 Å². The molecule has 1 aromatic rings. The molecule has 0 aliphatic heterocycles. The van der Waals surface area contributed by atoms with Gasteiger partial charge in [-0.3, -0.25) is 14.9 Å². The van der Waals surface area contributed by atoms with Crippen molar-refractivity contribution in [3.8, 4) is 0 Å². The average Bonchev–Trinajstić information content (AvgIpc) is 2.79. The van der Waals surface area contributed by atoms with Crippen LogP contribution in [-0.4, -0.2) is 47.5 Å². The molecule has 1 aromatic heterocycles. The minimum Gasteiger partial charge on any atom is -0.339 e. The molecule has 1 heterocycles. The monoisotopic (exact) mass is 268 g/mol. The van der Waals surface area contributed by atoms with Crippen LogP contribution in [0.2, 0.25) is 0 Å². The fraction of sp³-hybridized carbons (Fsp3) is 0.583. The second kappa shape index (κ2) is 6.89. The number of nitro groups is 1. The third-order valence-corrected chi connectivity index (χ3v) is 2.82. The lowest BCUT2D eigenvalue weighted by molar-refractivity contribution is -0.384. The van der Waals surface area contributed by atoms with E-state index in [4.69, 9.17) is 0 Å². The van der Waals surface area contributed by atoms with Gasteiger partial charge < -0.3 is 14.8 Å². The molecule has 19 heavy (non-hydrogen) atoms. The topological polar surface area (TPSA) is 80.4 Å². The quantitative estimate of drug-likeness (QED) is 0.593. The summed E-state index contributed by atoms with van der Waals surface area (Å²) in [5, 5.41) is 13.8. The van der Waals surface area contributed by atoms with Crippen LogP contribution in [0.15, 0.2) is 12.3 Å². The largest absolute Gasteiger partial charge is 0.339 e. The zero-order valence-corrected chi connectivity index (χ0v) is 11.5. The van der Waals surface area contributed by atoms with Crippen molar-refractivity contribution >= 4 is 11.6 Å². The predicted octanol–water partition coefficient (Wildman–Crippen LogP) is 1.10. The van der Waals surface area contributed by atoms with E-state index in [-0.39, 0.29) is 11.6 Å². The maximum absolute atomic E-state index is 12.2. The van der Waals surface area contributed by atoms with Crippen molar-refractivity contribution in [3.05, 3.63) is 28.1 Å². The number of aryl methyl sites for hydroxylation is 1.